The Morgan fingerprint density at radius 1 is 0.939 bits per heavy atom. The van der Waals surface area contributed by atoms with Gasteiger partial charge in [-0.15, -0.1) is 0 Å². The summed E-state index contributed by atoms with van der Waals surface area (Å²) >= 11 is 0. The Balaban J connectivity index is 1.53. The van der Waals surface area contributed by atoms with E-state index in [1.165, 1.54) is 5.56 Å². The Morgan fingerprint density at radius 3 is 2.27 bits per heavy atom. The van der Waals surface area contributed by atoms with E-state index in [1.54, 1.807) is 26.2 Å². The molecule has 1 amide bonds. The second-order valence-electron chi connectivity index (χ2n) is 8.18. The summed E-state index contributed by atoms with van der Waals surface area (Å²) in [6.07, 6.45) is 2.72. The highest BCUT2D eigenvalue weighted by atomic mass is 16.5. The Hall–Kier alpha value is -3.60. The lowest BCUT2D eigenvalue weighted by molar-refractivity contribution is -0.130. The molecule has 33 heavy (non-hydrogen) atoms. The lowest BCUT2D eigenvalue weighted by Gasteiger charge is -2.47. The molecule has 1 aliphatic rings. The number of hydrogen-bond acceptors (Lipinski definition) is 4. The number of rotatable bonds is 9. The van der Waals surface area contributed by atoms with Gasteiger partial charge in [0.15, 0.2) is 0 Å². The number of β-lactam (4-membered cyclic amide) rings is 1. The number of esters is 1. The molecule has 1 heterocycles. The van der Waals surface area contributed by atoms with Crippen molar-refractivity contribution in [3.63, 3.8) is 0 Å². The van der Waals surface area contributed by atoms with E-state index in [2.05, 4.69) is 12.1 Å². The summed E-state index contributed by atoms with van der Waals surface area (Å²) in [5, 5.41) is 0. The van der Waals surface area contributed by atoms with Gasteiger partial charge in [-0.25, -0.2) is 4.79 Å². The van der Waals surface area contributed by atoms with Crippen LogP contribution in [0, 0.1) is 5.92 Å². The van der Waals surface area contributed by atoms with Crippen LogP contribution in [-0.2, 0) is 16.0 Å². The van der Waals surface area contributed by atoms with Crippen LogP contribution in [0.4, 0.5) is 5.69 Å². The van der Waals surface area contributed by atoms with Crippen LogP contribution in [0.1, 0.15) is 47.3 Å². The van der Waals surface area contributed by atoms with Crippen molar-refractivity contribution in [1.82, 2.24) is 0 Å². The summed E-state index contributed by atoms with van der Waals surface area (Å²) in [5.41, 5.74) is 3.63. The minimum absolute atomic E-state index is 0.0485. The van der Waals surface area contributed by atoms with Crippen molar-refractivity contribution in [2.45, 2.75) is 32.2 Å². The van der Waals surface area contributed by atoms with Gasteiger partial charge in [0.1, 0.15) is 5.75 Å². The van der Waals surface area contributed by atoms with Crippen molar-refractivity contribution in [2.75, 3.05) is 18.6 Å². The van der Waals surface area contributed by atoms with Crippen molar-refractivity contribution in [3.05, 3.63) is 95.6 Å². The average molecular weight is 444 g/mol. The highest BCUT2D eigenvalue weighted by Gasteiger charge is 2.48. The predicted molar refractivity (Wildman–Crippen MR) is 128 cm³/mol. The van der Waals surface area contributed by atoms with Gasteiger partial charge in [0.25, 0.3) is 0 Å². The fourth-order valence-corrected chi connectivity index (χ4v) is 4.44. The minimum atomic E-state index is -0.357. The fraction of sp³-hybridized carbons (Fsp3) is 0.286. The van der Waals surface area contributed by atoms with Crippen LogP contribution in [0.2, 0.25) is 0 Å². The van der Waals surface area contributed by atoms with Crippen LogP contribution in [0.25, 0.3) is 0 Å². The van der Waals surface area contributed by atoms with Gasteiger partial charge in [-0.05, 0) is 73.7 Å². The molecule has 1 saturated heterocycles. The van der Waals surface area contributed by atoms with Gasteiger partial charge in [0, 0.05) is 5.69 Å². The van der Waals surface area contributed by atoms with Gasteiger partial charge < -0.3 is 14.4 Å². The first-order valence-electron chi connectivity index (χ1n) is 11.4. The van der Waals surface area contributed by atoms with E-state index in [9.17, 15) is 9.59 Å². The van der Waals surface area contributed by atoms with Gasteiger partial charge in [-0.3, -0.25) is 4.79 Å². The fourth-order valence-electron chi connectivity index (χ4n) is 4.44. The molecule has 0 radical (unpaired) electrons. The van der Waals surface area contributed by atoms with Crippen LogP contribution < -0.4 is 9.64 Å². The molecule has 3 aromatic carbocycles. The van der Waals surface area contributed by atoms with Gasteiger partial charge in [-0.2, -0.15) is 0 Å². The first-order valence-corrected chi connectivity index (χ1v) is 11.4. The molecule has 3 aromatic rings. The zero-order valence-corrected chi connectivity index (χ0v) is 19.1. The second-order valence-corrected chi connectivity index (χ2v) is 8.18. The van der Waals surface area contributed by atoms with Crippen LogP contribution in [0.3, 0.4) is 0 Å². The number of benzene rings is 3. The minimum Gasteiger partial charge on any atom is -0.497 e. The maximum absolute atomic E-state index is 13.2. The summed E-state index contributed by atoms with van der Waals surface area (Å²) in [5.74, 6) is 0.472. The Bertz CT molecular complexity index is 1080. The number of methoxy groups -OCH3 is 1. The number of carbonyl (C=O) groups is 2. The van der Waals surface area contributed by atoms with E-state index in [0.717, 1.165) is 36.3 Å². The Morgan fingerprint density at radius 2 is 1.64 bits per heavy atom. The molecule has 1 aliphatic heterocycles. The number of hydrogen-bond donors (Lipinski definition) is 0. The van der Waals surface area contributed by atoms with Crippen molar-refractivity contribution < 1.29 is 19.1 Å². The van der Waals surface area contributed by atoms with E-state index < -0.39 is 0 Å². The molecular formula is C28H29NO4. The summed E-state index contributed by atoms with van der Waals surface area (Å²) in [7, 11) is 1.64. The molecule has 1 fully saturated rings. The van der Waals surface area contributed by atoms with E-state index in [1.807, 2.05) is 59.5 Å². The number of nitrogens with zero attached hydrogens (tertiary/aromatic N) is 1. The maximum Gasteiger partial charge on any atom is 0.338 e. The van der Waals surface area contributed by atoms with Gasteiger partial charge in [-0.1, -0.05) is 42.5 Å². The van der Waals surface area contributed by atoms with Gasteiger partial charge >= 0.3 is 5.97 Å². The number of aryl methyl sites for hydroxylation is 1. The molecule has 0 aliphatic carbocycles. The zero-order chi connectivity index (χ0) is 23.2. The van der Waals surface area contributed by atoms with E-state index in [-0.39, 0.29) is 23.8 Å². The highest BCUT2D eigenvalue weighted by molar-refractivity contribution is 6.03. The SMILES string of the molecule is CCOC(=O)c1ccc(N2C(=O)[C@H](CCCc3ccccc3)[C@H]2c2ccc(OC)cc2)cc1. The highest BCUT2D eigenvalue weighted by Crippen LogP contribution is 2.46. The molecule has 5 nitrogen and oxygen atoms in total. The molecule has 0 aromatic heterocycles. The molecule has 0 N–H and O–H groups in total. The van der Waals surface area contributed by atoms with E-state index >= 15 is 0 Å². The summed E-state index contributed by atoms with van der Waals surface area (Å²) < 4.78 is 10.4. The number of ether oxygens (including phenoxy) is 2. The van der Waals surface area contributed by atoms with Crippen LogP contribution in [0.15, 0.2) is 78.9 Å². The molecule has 2 atom stereocenters. The summed E-state index contributed by atoms with van der Waals surface area (Å²) in [6.45, 7) is 2.11. The maximum atomic E-state index is 13.2. The third-order valence-electron chi connectivity index (χ3n) is 6.15. The lowest BCUT2D eigenvalue weighted by Crippen LogP contribution is -2.55. The molecule has 0 bridgehead atoms. The first-order chi connectivity index (χ1) is 16.1. The van der Waals surface area contributed by atoms with Crippen molar-refractivity contribution in [1.29, 1.82) is 0 Å². The summed E-state index contributed by atoms with van der Waals surface area (Å²) in [4.78, 5) is 27.1. The lowest BCUT2D eigenvalue weighted by atomic mass is 9.78. The van der Waals surface area contributed by atoms with Crippen molar-refractivity contribution in [2.24, 2.45) is 5.92 Å². The number of carbonyl (C=O) groups excluding carboxylic acids is 2. The molecule has 5 heteroatoms. The smallest absolute Gasteiger partial charge is 0.338 e. The standard InChI is InChI=1S/C28H29NO4/c1-3-33-28(31)22-12-16-23(17-13-22)29-26(21-14-18-24(32-2)19-15-21)25(27(29)30)11-7-10-20-8-5-4-6-9-20/h4-6,8-9,12-19,25-26H,3,7,10-11H2,1-2H3/t25-,26-/m1/s1. The van der Waals surface area contributed by atoms with E-state index in [4.69, 9.17) is 9.47 Å². The van der Waals surface area contributed by atoms with Crippen molar-refractivity contribution >= 4 is 17.6 Å². The molecule has 170 valence electrons. The van der Waals surface area contributed by atoms with Gasteiger partial charge in [0.05, 0.1) is 31.2 Å². The third kappa shape index (κ3) is 4.92. The molecule has 0 saturated carbocycles. The molecule has 0 unspecified atom stereocenters. The Labute approximate surface area is 194 Å². The molecule has 4 rings (SSSR count). The predicted octanol–water partition coefficient (Wildman–Crippen LogP) is 5.60. The van der Waals surface area contributed by atoms with Crippen LogP contribution in [0.5, 0.6) is 5.75 Å². The zero-order valence-electron chi connectivity index (χ0n) is 19.1. The average Bonchev–Trinajstić information content (AvgIpc) is 2.86. The topological polar surface area (TPSA) is 55.8 Å². The Kier molecular flexibility index (Phi) is 7.08. The third-order valence-corrected chi connectivity index (χ3v) is 6.15. The number of anilines is 1. The van der Waals surface area contributed by atoms with E-state index in [0.29, 0.717) is 12.2 Å². The largest absolute Gasteiger partial charge is 0.497 e. The monoisotopic (exact) mass is 443 g/mol. The second kappa shape index (κ2) is 10.3. The number of amides is 1. The van der Waals surface area contributed by atoms with Crippen LogP contribution >= 0.6 is 0 Å². The van der Waals surface area contributed by atoms with Crippen molar-refractivity contribution in [3.8, 4) is 5.75 Å². The van der Waals surface area contributed by atoms with Gasteiger partial charge in [0.2, 0.25) is 5.91 Å². The van der Waals surface area contributed by atoms with Crippen LogP contribution in [-0.4, -0.2) is 25.6 Å². The quantitative estimate of drug-likeness (QED) is 0.319. The molecule has 0 spiro atoms. The molecular weight excluding hydrogens is 414 g/mol. The normalized spacial score (nSPS) is 17.4. The summed E-state index contributed by atoms with van der Waals surface area (Å²) in [6, 6.07) is 25.3. The first kappa shape index (κ1) is 22.6.